The van der Waals surface area contributed by atoms with Gasteiger partial charge in [0.2, 0.25) is 0 Å². The van der Waals surface area contributed by atoms with Crippen molar-refractivity contribution in [2.24, 2.45) is 0 Å². The van der Waals surface area contributed by atoms with E-state index in [1.165, 1.54) is 0 Å². The van der Waals surface area contributed by atoms with Crippen LogP contribution < -0.4 is 5.73 Å². The number of carbonyl (C=O) groups is 1. The number of aryl methyl sites for hydroxylation is 1. The Balaban J connectivity index is 2.16. The second-order valence-corrected chi connectivity index (χ2v) is 4.82. The SMILES string of the molecule is Cc1ccc(CN(C)C(=O)c2cc(N)ccc2Cl)o1. The molecule has 2 aromatic rings. The van der Waals surface area contributed by atoms with Gasteiger partial charge < -0.3 is 15.1 Å². The number of furan rings is 1. The molecule has 0 bridgehead atoms. The molecular weight excluding hydrogens is 264 g/mol. The van der Waals surface area contributed by atoms with Crippen LogP contribution in [0.25, 0.3) is 0 Å². The highest BCUT2D eigenvalue weighted by Gasteiger charge is 2.16. The van der Waals surface area contributed by atoms with Crippen molar-refractivity contribution in [2.75, 3.05) is 12.8 Å². The van der Waals surface area contributed by atoms with Gasteiger partial charge in [0.25, 0.3) is 5.91 Å². The largest absolute Gasteiger partial charge is 0.464 e. The quantitative estimate of drug-likeness (QED) is 0.878. The number of benzene rings is 1. The molecule has 0 radical (unpaired) electrons. The van der Waals surface area contributed by atoms with Crippen molar-refractivity contribution in [2.45, 2.75) is 13.5 Å². The van der Waals surface area contributed by atoms with Crippen molar-refractivity contribution < 1.29 is 9.21 Å². The molecule has 0 aliphatic rings. The van der Waals surface area contributed by atoms with Gasteiger partial charge in [-0.05, 0) is 37.3 Å². The summed E-state index contributed by atoms with van der Waals surface area (Å²) in [5.74, 6) is 1.36. The summed E-state index contributed by atoms with van der Waals surface area (Å²) in [7, 11) is 1.69. The first-order valence-corrected chi connectivity index (χ1v) is 6.21. The predicted molar refractivity (Wildman–Crippen MR) is 75.1 cm³/mol. The van der Waals surface area contributed by atoms with Gasteiger partial charge in [-0.15, -0.1) is 0 Å². The smallest absolute Gasteiger partial charge is 0.255 e. The highest BCUT2D eigenvalue weighted by molar-refractivity contribution is 6.33. The molecule has 0 saturated carbocycles. The number of nitrogens with zero attached hydrogens (tertiary/aromatic N) is 1. The van der Waals surface area contributed by atoms with Crippen LogP contribution in [0.4, 0.5) is 5.69 Å². The van der Waals surface area contributed by atoms with E-state index in [0.29, 0.717) is 22.8 Å². The second-order valence-electron chi connectivity index (χ2n) is 4.41. The molecule has 2 N–H and O–H groups in total. The average Bonchev–Trinajstić information content (AvgIpc) is 2.77. The Morgan fingerprint density at radius 1 is 1.37 bits per heavy atom. The van der Waals surface area contributed by atoms with E-state index in [4.69, 9.17) is 21.8 Å². The molecular formula is C14H15ClN2O2. The standard InChI is InChI=1S/C14H15ClN2O2/c1-9-3-5-11(19-9)8-17(2)14(18)12-7-10(16)4-6-13(12)15/h3-7H,8,16H2,1-2H3. The van der Waals surface area contributed by atoms with E-state index >= 15 is 0 Å². The zero-order valence-corrected chi connectivity index (χ0v) is 11.6. The van der Waals surface area contributed by atoms with Gasteiger partial charge in [0.15, 0.2) is 0 Å². The van der Waals surface area contributed by atoms with E-state index < -0.39 is 0 Å². The van der Waals surface area contributed by atoms with E-state index in [1.54, 1.807) is 30.1 Å². The lowest BCUT2D eigenvalue weighted by Crippen LogP contribution is -2.26. The minimum atomic E-state index is -0.189. The summed E-state index contributed by atoms with van der Waals surface area (Å²) in [6.45, 7) is 2.25. The van der Waals surface area contributed by atoms with Gasteiger partial charge in [0.1, 0.15) is 11.5 Å². The fourth-order valence-corrected chi connectivity index (χ4v) is 1.99. The van der Waals surface area contributed by atoms with E-state index in [1.807, 2.05) is 19.1 Å². The number of carbonyl (C=O) groups excluding carboxylic acids is 1. The first-order chi connectivity index (χ1) is 8.97. The predicted octanol–water partition coefficient (Wildman–Crippen LogP) is 3.10. The third-order valence-electron chi connectivity index (χ3n) is 2.76. The topological polar surface area (TPSA) is 59.5 Å². The fraction of sp³-hybridized carbons (Fsp3) is 0.214. The number of hydrogen-bond acceptors (Lipinski definition) is 3. The summed E-state index contributed by atoms with van der Waals surface area (Å²) >= 11 is 6.02. The first kappa shape index (κ1) is 13.5. The molecule has 0 aliphatic heterocycles. The third kappa shape index (κ3) is 3.09. The van der Waals surface area contributed by atoms with Crippen LogP contribution in [0.1, 0.15) is 21.9 Å². The van der Waals surface area contributed by atoms with Crippen LogP contribution in [0.15, 0.2) is 34.7 Å². The van der Waals surface area contributed by atoms with Crippen LogP contribution in [0, 0.1) is 6.92 Å². The Hall–Kier alpha value is -1.94. The number of nitrogen functional groups attached to an aromatic ring is 1. The number of halogens is 1. The molecule has 1 aromatic carbocycles. The van der Waals surface area contributed by atoms with Gasteiger partial charge in [0.05, 0.1) is 17.1 Å². The van der Waals surface area contributed by atoms with Crippen molar-refractivity contribution in [1.29, 1.82) is 0 Å². The van der Waals surface area contributed by atoms with Crippen LogP contribution in [0.2, 0.25) is 5.02 Å². The van der Waals surface area contributed by atoms with Crippen molar-refractivity contribution >= 4 is 23.2 Å². The molecule has 2 rings (SSSR count). The Morgan fingerprint density at radius 3 is 2.74 bits per heavy atom. The van der Waals surface area contributed by atoms with Gasteiger partial charge in [-0.3, -0.25) is 4.79 Å². The van der Waals surface area contributed by atoms with Gasteiger partial charge in [-0.1, -0.05) is 11.6 Å². The second kappa shape index (κ2) is 5.36. The highest BCUT2D eigenvalue weighted by Crippen LogP contribution is 2.21. The molecule has 100 valence electrons. The van der Waals surface area contributed by atoms with Crippen LogP contribution in [0.5, 0.6) is 0 Å². The number of hydrogen-bond donors (Lipinski definition) is 1. The van der Waals surface area contributed by atoms with Crippen LogP contribution in [-0.4, -0.2) is 17.9 Å². The maximum atomic E-state index is 12.3. The van der Waals surface area contributed by atoms with Crippen LogP contribution in [0.3, 0.4) is 0 Å². The fourth-order valence-electron chi connectivity index (χ4n) is 1.79. The minimum Gasteiger partial charge on any atom is -0.464 e. The van der Waals surface area contributed by atoms with Crippen molar-refractivity contribution in [3.8, 4) is 0 Å². The van der Waals surface area contributed by atoms with E-state index in [2.05, 4.69) is 0 Å². The molecule has 4 nitrogen and oxygen atoms in total. The maximum absolute atomic E-state index is 12.3. The summed E-state index contributed by atoms with van der Waals surface area (Å²) in [5, 5.41) is 0.390. The Morgan fingerprint density at radius 2 is 2.11 bits per heavy atom. The zero-order valence-electron chi connectivity index (χ0n) is 10.8. The Labute approximate surface area is 116 Å². The molecule has 0 saturated heterocycles. The van der Waals surface area contributed by atoms with E-state index in [0.717, 1.165) is 11.5 Å². The van der Waals surface area contributed by atoms with Crippen LogP contribution >= 0.6 is 11.6 Å². The first-order valence-electron chi connectivity index (χ1n) is 5.83. The van der Waals surface area contributed by atoms with Crippen LogP contribution in [-0.2, 0) is 6.54 Å². The lowest BCUT2D eigenvalue weighted by atomic mass is 10.1. The van der Waals surface area contributed by atoms with Crippen molar-refractivity contribution in [1.82, 2.24) is 4.90 Å². The van der Waals surface area contributed by atoms with Gasteiger partial charge in [-0.25, -0.2) is 0 Å². The molecule has 1 heterocycles. The molecule has 1 aromatic heterocycles. The number of anilines is 1. The van der Waals surface area contributed by atoms with E-state index in [-0.39, 0.29) is 5.91 Å². The normalized spacial score (nSPS) is 10.5. The molecule has 0 spiro atoms. The van der Waals surface area contributed by atoms with Gasteiger partial charge >= 0.3 is 0 Å². The Bertz CT molecular complexity index is 607. The molecule has 0 atom stereocenters. The van der Waals surface area contributed by atoms with Crippen molar-refractivity contribution in [3.05, 3.63) is 52.4 Å². The Kier molecular flexibility index (Phi) is 3.81. The maximum Gasteiger partial charge on any atom is 0.255 e. The van der Waals surface area contributed by atoms with Crippen molar-refractivity contribution in [3.63, 3.8) is 0 Å². The number of amides is 1. The molecule has 0 aliphatic carbocycles. The van der Waals surface area contributed by atoms with Gasteiger partial charge in [0, 0.05) is 12.7 Å². The molecule has 0 unspecified atom stereocenters. The monoisotopic (exact) mass is 278 g/mol. The lowest BCUT2D eigenvalue weighted by Gasteiger charge is -2.16. The summed E-state index contributed by atoms with van der Waals surface area (Å²) < 4.78 is 5.44. The average molecular weight is 279 g/mol. The molecule has 1 amide bonds. The molecule has 5 heteroatoms. The summed E-state index contributed by atoms with van der Waals surface area (Å²) in [5.41, 5.74) is 6.58. The molecule has 19 heavy (non-hydrogen) atoms. The lowest BCUT2D eigenvalue weighted by molar-refractivity contribution is 0.0775. The zero-order chi connectivity index (χ0) is 14.0. The highest BCUT2D eigenvalue weighted by atomic mass is 35.5. The van der Waals surface area contributed by atoms with E-state index in [9.17, 15) is 4.79 Å². The summed E-state index contributed by atoms with van der Waals surface area (Å²) in [6.07, 6.45) is 0. The number of nitrogens with two attached hydrogens (primary N) is 1. The summed E-state index contributed by atoms with van der Waals surface area (Å²) in [4.78, 5) is 13.8. The minimum absolute atomic E-state index is 0.189. The summed E-state index contributed by atoms with van der Waals surface area (Å²) in [6, 6.07) is 8.57. The third-order valence-corrected chi connectivity index (χ3v) is 3.09. The van der Waals surface area contributed by atoms with Gasteiger partial charge in [-0.2, -0.15) is 0 Å². The number of rotatable bonds is 3. The molecule has 0 fully saturated rings.